The summed E-state index contributed by atoms with van der Waals surface area (Å²) < 4.78 is 0. The van der Waals surface area contributed by atoms with E-state index >= 15 is 0 Å². The molecule has 0 aromatic heterocycles. The molecule has 0 fully saturated rings. The van der Waals surface area contributed by atoms with Gasteiger partial charge in [0.2, 0.25) is 0 Å². The minimum Gasteiger partial charge on any atom is -0.329 e. The zero-order chi connectivity index (χ0) is 14.8. The van der Waals surface area contributed by atoms with E-state index in [0.29, 0.717) is 12.6 Å². The topological polar surface area (TPSA) is 29.3 Å². The molecular weight excluding hydrogens is 280 g/mol. The number of hydrogen-bond acceptors (Lipinski definition) is 2. The number of nitrogens with zero attached hydrogens (tertiary/aromatic N) is 1. The van der Waals surface area contributed by atoms with E-state index < -0.39 is 0 Å². The van der Waals surface area contributed by atoms with Crippen molar-refractivity contribution < 1.29 is 0 Å². The normalized spacial score (nSPS) is 18.0. The summed E-state index contributed by atoms with van der Waals surface area (Å²) in [7, 11) is 0. The molecule has 1 aliphatic rings. The second-order valence-corrected chi connectivity index (χ2v) is 6.18. The standard InChI is InChI=1S/C18H21ClN2/c1-13-3-2-4-16-17(13)12-21(18(16)11-20)10-9-14-5-7-15(19)8-6-14/h2-8,18H,9-12,20H2,1H3. The van der Waals surface area contributed by atoms with Crippen LogP contribution in [0.15, 0.2) is 42.5 Å². The molecular formula is C18H21ClN2. The quantitative estimate of drug-likeness (QED) is 0.933. The van der Waals surface area contributed by atoms with Crippen LogP contribution in [-0.4, -0.2) is 18.0 Å². The van der Waals surface area contributed by atoms with Crippen LogP contribution in [0.5, 0.6) is 0 Å². The second-order valence-electron chi connectivity index (χ2n) is 5.74. The third-order valence-electron chi connectivity index (χ3n) is 4.43. The number of hydrogen-bond donors (Lipinski definition) is 1. The Morgan fingerprint density at radius 2 is 1.95 bits per heavy atom. The van der Waals surface area contributed by atoms with Crippen LogP contribution in [0.4, 0.5) is 0 Å². The summed E-state index contributed by atoms with van der Waals surface area (Å²) in [4.78, 5) is 2.49. The molecule has 2 N–H and O–H groups in total. The van der Waals surface area contributed by atoms with Gasteiger partial charge in [-0.15, -0.1) is 0 Å². The van der Waals surface area contributed by atoms with Crippen molar-refractivity contribution in [1.82, 2.24) is 4.90 Å². The van der Waals surface area contributed by atoms with Gasteiger partial charge in [0.05, 0.1) is 0 Å². The third kappa shape index (κ3) is 2.98. The number of nitrogens with two attached hydrogens (primary N) is 1. The van der Waals surface area contributed by atoms with E-state index in [1.54, 1.807) is 0 Å². The van der Waals surface area contributed by atoms with Crippen LogP contribution in [0.1, 0.15) is 28.3 Å². The number of aryl methyl sites for hydroxylation is 1. The Balaban J connectivity index is 1.72. The van der Waals surface area contributed by atoms with Gasteiger partial charge in [-0.3, -0.25) is 4.90 Å². The highest BCUT2D eigenvalue weighted by Gasteiger charge is 2.29. The van der Waals surface area contributed by atoms with Gasteiger partial charge >= 0.3 is 0 Å². The largest absolute Gasteiger partial charge is 0.329 e. The summed E-state index contributed by atoms with van der Waals surface area (Å²) in [5.41, 5.74) is 11.6. The highest BCUT2D eigenvalue weighted by molar-refractivity contribution is 6.30. The predicted octanol–water partition coefficient (Wildman–Crippen LogP) is 3.71. The average Bonchev–Trinajstić information content (AvgIpc) is 2.86. The Kier molecular flexibility index (Phi) is 4.29. The van der Waals surface area contributed by atoms with E-state index in [1.807, 2.05) is 12.1 Å². The van der Waals surface area contributed by atoms with Crippen molar-refractivity contribution in [1.29, 1.82) is 0 Å². The first kappa shape index (κ1) is 14.6. The summed E-state index contributed by atoms with van der Waals surface area (Å²) in [6.07, 6.45) is 1.03. The van der Waals surface area contributed by atoms with E-state index in [9.17, 15) is 0 Å². The second kappa shape index (κ2) is 6.18. The van der Waals surface area contributed by atoms with E-state index in [2.05, 4.69) is 42.2 Å². The first-order chi connectivity index (χ1) is 10.2. The van der Waals surface area contributed by atoms with Gasteiger partial charge < -0.3 is 5.73 Å². The molecule has 0 saturated heterocycles. The molecule has 1 atom stereocenters. The lowest BCUT2D eigenvalue weighted by Gasteiger charge is -2.23. The van der Waals surface area contributed by atoms with Crippen molar-refractivity contribution >= 4 is 11.6 Å². The fourth-order valence-electron chi connectivity index (χ4n) is 3.20. The molecule has 1 heterocycles. The van der Waals surface area contributed by atoms with Gasteiger partial charge in [0.1, 0.15) is 0 Å². The van der Waals surface area contributed by atoms with E-state index in [4.69, 9.17) is 17.3 Å². The van der Waals surface area contributed by atoms with Crippen LogP contribution in [0, 0.1) is 6.92 Å². The van der Waals surface area contributed by atoms with Crippen molar-refractivity contribution in [2.24, 2.45) is 5.73 Å². The van der Waals surface area contributed by atoms with Gasteiger partial charge in [-0.05, 0) is 47.7 Å². The summed E-state index contributed by atoms with van der Waals surface area (Å²) in [5.74, 6) is 0. The SMILES string of the molecule is Cc1cccc2c1CN(CCc1ccc(Cl)cc1)C2CN. The number of halogens is 1. The maximum absolute atomic E-state index is 6.02. The Morgan fingerprint density at radius 1 is 1.19 bits per heavy atom. The maximum atomic E-state index is 6.02. The van der Waals surface area contributed by atoms with Crippen molar-refractivity contribution in [2.75, 3.05) is 13.1 Å². The van der Waals surface area contributed by atoms with Crippen LogP contribution in [0.25, 0.3) is 0 Å². The maximum Gasteiger partial charge on any atom is 0.0477 e. The Labute approximate surface area is 131 Å². The van der Waals surface area contributed by atoms with Gasteiger partial charge in [-0.2, -0.15) is 0 Å². The van der Waals surface area contributed by atoms with Crippen LogP contribution >= 0.6 is 11.6 Å². The minimum absolute atomic E-state index is 0.354. The fourth-order valence-corrected chi connectivity index (χ4v) is 3.32. The number of fused-ring (bicyclic) bond motifs is 1. The summed E-state index contributed by atoms with van der Waals surface area (Å²) in [6.45, 7) is 4.90. The first-order valence-electron chi connectivity index (χ1n) is 7.46. The molecule has 1 unspecified atom stereocenters. The zero-order valence-corrected chi connectivity index (χ0v) is 13.1. The van der Waals surface area contributed by atoms with Crippen LogP contribution in [-0.2, 0) is 13.0 Å². The lowest BCUT2D eigenvalue weighted by molar-refractivity contribution is 0.222. The van der Waals surface area contributed by atoms with Crippen LogP contribution in [0.3, 0.4) is 0 Å². The van der Waals surface area contributed by atoms with Crippen molar-refractivity contribution in [2.45, 2.75) is 25.9 Å². The number of rotatable bonds is 4. The molecule has 110 valence electrons. The molecule has 3 rings (SSSR count). The van der Waals surface area contributed by atoms with Gasteiger partial charge in [-0.25, -0.2) is 0 Å². The zero-order valence-electron chi connectivity index (χ0n) is 12.3. The highest BCUT2D eigenvalue weighted by Crippen LogP contribution is 2.34. The van der Waals surface area contributed by atoms with Crippen LogP contribution < -0.4 is 5.73 Å². The van der Waals surface area contributed by atoms with Crippen LogP contribution in [0.2, 0.25) is 5.02 Å². The van der Waals surface area contributed by atoms with Crippen molar-refractivity contribution in [3.63, 3.8) is 0 Å². The molecule has 1 aliphatic heterocycles. The third-order valence-corrected chi connectivity index (χ3v) is 4.68. The van der Waals surface area contributed by atoms with E-state index in [1.165, 1.54) is 22.3 Å². The molecule has 2 nitrogen and oxygen atoms in total. The smallest absolute Gasteiger partial charge is 0.0477 e. The molecule has 21 heavy (non-hydrogen) atoms. The molecule has 2 aromatic rings. The lowest BCUT2D eigenvalue weighted by Crippen LogP contribution is -2.29. The lowest BCUT2D eigenvalue weighted by atomic mass is 10.0. The average molecular weight is 301 g/mol. The van der Waals surface area contributed by atoms with Gasteiger partial charge in [-0.1, -0.05) is 41.9 Å². The molecule has 0 aliphatic carbocycles. The molecule has 0 bridgehead atoms. The fraction of sp³-hybridized carbons (Fsp3) is 0.333. The molecule has 0 amide bonds. The Hall–Kier alpha value is -1.35. The minimum atomic E-state index is 0.354. The Morgan fingerprint density at radius 3 is 2.67 bits per heavy atom. The van der Waals surface area contributed by atoms with Gasteiger partial charge in [0.15, 0.2) is 0 Å². The van der Waals surface area contributed by atoms with E-state index in [-0.39, 0.29) is 0 Å². The van der Waals surface area contributed by atoms with Gasteiger partial charge in [0, 0.05) is 30.7 Å². The predicted molar refractivity (Wildman–Crippen MR) is 88.5 cm³/mol. The molecule has 3 heteroatoms. The molecule has 2 aromatic carbocycles. The van der Waals surface area contributed by atoms with E-state index in [0.717, 1.165) is 24.5 Å². The van der Waals surface area contributed by atoms with Gasteiger partial charge in [0.25, 0.3) is 0 Å². The highest BCUT2D eigenvalue weighted by atomic mass is 35.5. The van der Waals surface area contributed by atoms with Crippen molar-refractivity contribution in [3.8, 4) is 0 Å². The molecule has 0 saturated carbocycles. The van der Waals surface area contributed by atoms with Crippen molar-refractivity contribution in [3.05, 3.63) is 69.7 Å². The number of benzene rings is 2. The monoisotopic (exact) mass is 300 g/mol. The first-order valence-corrected chi connectivity index (χ1v) is 7.84. The summed E-state index contributed by atoms with van der Waals surface area (Å²) in [5, 5.41) is 0.794. The summed E-state index contributed by atoms with van der Waals surface area (Å²) in [6, 6.07) is 15.0. The Bertz CT molecular complexity index is 622. The molecule has 0 radical (unpaired) electrons. The molecule has 0 spiro atoms. The summed E-state index contributed by atoms with van der Waals surface area (Å²) >= 11 is 5.94.